The summed E-state index contributed by atoms with van der Waals surface area (Å²) in [6.45, 7) is 7.84. The van der Waals surface area contributed by atoms with Gasteiger partial charge in [-0.15, -0.1) is 0 Å². The first-order valence-corrected chi connectivity index (χ1v) is 7.64. The molecule has 2 aromatic carbocycles. The Hall–Kier alpha value is -2.29. The van der Waals surface area contributed by atoms with Gasteiger partial charge < -0.3 is 10.1 Å². The Morgan fingerprint density at radius 2 is 1.68 bits per heavy atom. The standard InChI is InChI=1S/C19H23NO2/c1-5-16-9-11-17(12-10-16)22-15(4)19(21)20-18-13(2)7-6-8-14(18)3/h6-12,15H,5H2,1-4H3,(H,20,21)/t15-/m0/s1. The van der Waals surface area contributed by atoms with E-state index in [1.54, 1.807) is 6.92 Å². The summed E-state index contributed by atoms with van der Waals surface area (Å²) in [5.41, 5.74) is 4.21. The molecule has 0 bridgehead atoms. The van der Waals surface area contributed by atoms with E-state index >= 15 is 0 Å². The number of carbonyl (C=O) groups excluding carboxylic acids is 1. The van der Waals surface area contributed by atoms with Crippen LogP contribution in [0.15, 0.2) is 42.5 Å². The highest BCUT2D eigenvalue weighted by Crippen LogP contribution is 2.20. The van der Waals surface area contributed by atoms with Gasteiger partial charge in [-0.05, 0) is 56.0 Å². The van der Waals surface area contributed by atoms with E-state index < -0.39 is 6.10 Å². The summed E-state index contributed by atoms with van der Waals surface area (Å²) in [5.74, 6) is 0.568. The summed E-state index contributed by atoms with van der Waals surface area (Å²) in [5, 5.41) is 2.96. The summed E-state index contributed by atoms with van der Waals surface area (Å²) in [6.07, 6.45) is 0.439. The number of ether oxygens (including phenoxy) is 1. The number of rotatable bonds is 5. The van der Waals surface area contributed by atoms with Crippen LogP contribution in [0.2, 0.25) is 0 Å². The van der Waals surface area contributed by atoms with Crippen molar-refractivity contribution in [2.24, 2.45) is 0 Å². The van der Waals surface area contributed by atoms with Crippen molar-refractivity contribution in [3.05, 3.63) is 59.2 Å². The maximum Gasteiger partial charge on any atom is 0.265 e. The number of para-hydroxylation sites is 1. The van der Waals surface area contributed by atoms with Crippen molar-refractivity contribution < 1.29 is 9.53 Å². The second-order valence-electron chi connectivity index (χ2n) is 5.51. The minimum atomic E-state index is -0.550. The molecule has 3 nitrogen and oxygen atoms in total. The van der Waals surface area contributed by atoms with Crippen molar-refractivity contribution in [1.82, 2.24) is 0 Å². The molecule has 0 aliphatic carbocycles. The molecular weight excluding hydrogens is 274 g/mol. The smallest absolute Gasteiger partial charge is 0.265 e. The fraction of sp³-hybridized carbons (Fsp3) is 0.316. The molecular formula is C19H23NO2. The molecule has 0 fully saturated rings. The van der Waals surface area contributed by atoms with Gasteiger partial charge in [0, 0.05) is 5.69 Å². The quantitative estimate of drug-likeness (QED) is 0.895. The van der Waals surface area contributed by atoms with E-state index in [4.69, 9.17) is 4.74 Å². The van der Waals surface area contributed by atoms with Crippen LogP contribution in [0.5, 0.6) is 5.75 Å². The Labute approximate surface area is 132 Å². The average Bonchev–Trinajstić information content (AvgIpc) is 2.51. The van der Waals surface area contributed by atoms with Gasteiger partial charge in [0.05, 0.1) is 0 Å². The van der Waals surface area contributed by atoms with E-state index in [0.29, 0.717) is 5.75 Å². The molecule has 116 valence electrons. The molecule has 22 heavy (non-hydrogen) atoms. The summed E-state index contributed by atoms with van der Waals surface area (Å²) in [6, 6.07) is 13.8. The summed E-state index contributed by atoms with van der Waals surface area (Å²) in [7, 11) is 0. The maximum atomic E-state index is 12.3. The van der Waals surface area contributed by atoms with Crippen LogP contribution in [0.3, 0.4) is 0 Å². The molecule has 0 radical (unpaired) electrons. The van der Waals surface area contributed by atoms with Crippen molar-refractivity contribution >= 4 is 11.6 Å². The number of amides is 1. The Bertz CT molecular complexity index is 627. The SMILES string of the molecule is CCc1ccc(O[C@@H](C)C(=O)Nc2c(C)cccc2C)cc1. The molecule has 0 unspecified atom stereocenters. The van der Waals surface area contributed by atoms with Crippen molar-refractivity contribution in [2.75, 3.05) is 5.32 Å². The highest BCUT2D eigenvalue weighted by molar-refractivity contribution is 5.95. The van der Waals surface area contributed by atoms with E-state index in [-0.39, 0.29) is 5.91 Å². The van der Waals surface area contributed by atoms with Crippen molar-refractivity contribution in [3.8, 4) is 5.75 Å². The molecule has 1 N–H and O–H groups in total. The average molecular weight is 297 g/mol. The Balaban J connectivity index is 2.02. The van der Waals surface area contributed by atoms with Crippen molar-refractivity contribution in [3.63, 3.8) is 0 Å². The minimum absolute atomic E-state index is 0.142. The number of anilines is 1. The summed E-state index contributed by atoms with van der Waals surface area (Å²) < 4.78 is 5.72. The third kappa shape index (κ3) is 3.88. The zero-order valence-corrected chi connectivity index (χ0v) is 13.6. The highest BCUT2D eigenvalue weighted by atomic mass is 16.5. The third-order valence-corrected chi connectivity index (χ3v) is 3.74. The maximum absolute atomic E-state index is 12.3. The molecule has 0 aromatic heterocycles. The van der Waals surface area contributed by atoms with Gasteiger partial charge in [0.25, 0.3) is 5.91 Å². The number of nitrogens with one attached hydrogen (secondary N) is 1. The Kier molecular flexibility index (Phi) is 5.21. The van der Waals surface area contributed by atoms with Crippen molar-refractivity contribution in [1.29, 1.82) is 0 Å². The molecule has 0 saturated carbocycles. The van der Waals surface area contributed by atoms with Crippen LogP contribution in [0.25, 0.3) is 0 Å². The number of carbonyl (C=O) groups is 1. The van der Waals surface area contributed by atoms with Gasteiger partial charge >= 0.3 is 0 Å². The van der Waals surface area contributed by atoms with Gasteiger partial charge in [-0.25, -0.2) is 0 Å². The lowest BCUT2D eigenvalue weighted by Crippen LogP contribution is -2.30. The first kappa shape index (κ1) is 16.1. The topological polar surface area (TPSA) is 38.3 Å². The molecule has 2 aromatic rings. The normalized spacial score (nSPS) is 11.8. The fourth-order valence-electron chi connectivity index (χ4n) is 2.30. The van der Waals surface area contributed by atoms with E-state index in [1.165, 1.54) is 5.56 Å². The molecule has 2 rings (SSSR count). The van der Waals surface area contributed by atoms with Gasteiger partial charge in [-0.1, -0.05) is 37.3 Å². The first-order valence-electron chi connectivity index (χ1n) is 7.64. The molecule has 1 atom stereocenters. The molecule has 3 heteroatoms. The number of benzene rings is 2. The van der Waals surface area contributed by atoms with Gasteiger partial charge in [-0.3, -0.25) is 4.79 Å². The molecule has 0 aliphatic heterocycles. The largest absolute Gasteiger partial charge is 0.481 e. The van der Waals surface area contributed by atoms with E-state index in [2.05, 4.69) is 12.2 Å². The first-order chi connectivity index (χ1) is 10.5. The van der Waals surface area contributed by atoms with Crippen LogP contribution in [0.4, 0.5) is 5.69 Å². The van der Waals surface area contributed by atoms with Crippen LogP contribution in [-0.2, 0) is 11.2 Å². The van der Waals surface area contributed by atoms with E-state index in [1.807, 2.05) is 56.3 Å². The zero-order chi connectivity index (χ0) is 16.1. The fourth-order valence-corrected chi connectivity index (χ4v) is 2.30. The van der Waals surface area contributed by atoms with Gasteiger partial charge in [-0.2, -0.15) is 0 Å². The zero-order valence-electron chi connectivity index (χ0n) is 13.6. The molecule has 1 amide bonds. The number of hydrogen-bond donors (Lipinski definition) is 1. The summed E-state index contributed by atoms with van der Waals surface area (Å²) in [4.78, 5) is 12.3. The predicted molar refractivity (Wildman–Crippen MR) is 90.5 cm³/mol. The summed E-state index contributed by atoms with van der Waals surface area (Å²) >= 11 is 0. The highest BCUT2D eigenvalue weighted by Gasteiger charge is 2.16. The lowest BCUT2D eigenvalue weighted by Gasteiger charge is -2.17. The number of hydrogen-bond acceptors (Lipinski definition) is 2. The molecule has 0 saturated heterocycles. The molecule has 0 spiro atoms. The van der Waals surface area contributed by atoms with Crippen LogP contribution in [0, 0.1) is 13.8 Å². The third-order valence-electron chi connectivity index (χ3n) is 3.74. The number of aryl methyl sites for hydroxylation is 3. The Morgan fingerprint density at radius 1 is 1.09 bits per heavy atom. The van der Waals surface area contributed by atoms with Crippen LogP contribution < -0.4 is 10.1 Å². The van der Waals surface area contributed by atoms with E-state index in [0.717, 1.165) is 23.2 Å². The molecule has 0 aliphatic rings. The Morgan fingerprint density at radius 3 is 2.23 bits per heavy atom. The van der Waals surface area contributed by atoms with Crippen LogP contribution in [0.1, 0.15) is 30.5 Å². The lowest BCUT2D eigenvalue weighted by molar-refractivity contribution is -0.122. The van der Waals surface area contributed by atoms with Crippen LogP contribution in [-0.4, -0.2) is 12.0 Å². The second kappa shape index (κ2) is 7.12. The second-order valence-corrected chi connectivity index (χ2v) is 5.51. The van der Waals surface area contributed by atoms with Gasteiger partial charge in [0.15, 0.2) is 6.10 Å². The van der Waals surface area contributed by atoms with Crippen molar-refractivity contribution in [2.45, 2.75) is 40.2 Å². The minimum Gasteiger partial charge on any atom is -0.481 e. The lowest BCUT2D eigenvalue weighted by atomic mass is 10.1. The predicted octanol–water partition coefficient (Wildman–Crippen LogP) is 4.27. The van der Waals surface area contributed by atoms with Gasteiger partial charge in [0.1, 0.15) is 5.75 Å². The van der Waals surface area contributed by atoms with Gasteiger partial charge in [0.2, 0.25) is 0 Å². The monoisotopic (exact) mass is 297 g/mol. The molecule has 0 heterocycles. The van der Waals surface area contributed by atoms with Crippen LogP contribution >= 0.6 is 0 Å². The van der Waals surface area contributed by atoms with E-state index in [9.17, 15) is 4.79 Å².